The Morgan fingerprint density at radius 1 is 1.30 bits per heavy atom. The summed E-state index contributed by atoms with van der Waals surface area (Å²) in [4.78, 5) is 19.4. The Bertz CT molecular complexity index is 665. The van der Waals surface area contributed by atoms with Crippen LogP contribution in [0.5, 0.6) is 5.75 Å². The van der Waals surface area contributed by atoms with E-state index in [-0.39, 0.29) is 5.56 Å². The number of nitrogens with one attached hydrogen (secondary N) is 1. The van der Waals surface area contributed by atoms with Crippen LogP contribution in [0.4, 0.5) is 0 Å². The first-order valence-corrected chi connectivity index (χ1v) is 7.86. The van der Waals surface area contributed by atoms with E-state index in [9.17, 15) is 4.79 Å². The summed E-state index contributed by atoms with van der Waals surface area (Å²) in [5.41, 5.74) is 2.63. The van der Waals surface area contributed by atoms with Gasteiger partial charge in [-0.25, -0.2) is 4.98 Å². The number of hydrogen-bond acceptors (Lipinski definition) is 4. The highest BCUT2D eigenvalue weighted by atomic mass is 32.2. The first-order chi connectivity index (χ1) is 9.78. The Balaban J connectivity index is 1.89. The third-order valence-corrected chi connectivity index (χ3v) is 4.16. The lowest BCUT2D eigenvalue weighted by Gasteiger charge is -2.06. The number of thioether (sulfide) groups is 1. The molecule has 0 atom stereocenters. The summed E-state index contributed by atoms with van der Waals surface area (Å²) in [6.45, 7) is 2.79. The van der Waals surface area contributed by atoms with Crippen LogP contribution in [-0.4, -0.2) is 16.6 Å². The smallest absolute Gasteiger partial charge is 0.255 e. The molecule has 1 aliphatic heterocycles. The Kier molecular flexibility index (Phi) is 3.78. The molecule has 104 valence electrons. The number of hydrogen-bond donors (Lipinski definition) is 1. The summed E-state index contributed by atoms with van der Waals surface area (Å²) >= 11 is 1.73. The molecule has 3 rings (SSSR count). The highest BCUT2D eigenvalue weighted by molar-refractivity contribution is 7.98. The molecule has 1 N–H and O–H groups in total. The molecule has 2 heterocycles. The first-order valence-electron chi connectivity index (χ1n) is 6.71. The standard InChI is InChI=1S/C15H16N2O2S/c1-2-7-19-11-5-3-10(4-6-11)14-16-13-9-20-8-12(13)15(18)17-14/h3-6H,2,7-9H2,1H3,(H,16,17,18). The lowest BCUT2D eigenvalue weighted by molar-refractivity contribution is 0.317. The molecule has 2 aromatic rings. The zero-order valence-corrected chi connectivity index (χ0v) is 12.1. The summed E-state index contributed by atoms with van der Waals surface area (Å²) in [5, 5.41) is 0. The lowest BCUT2D eigenvalue weighted by atomic mass is 10.2. The maximum Gasteiger partial charge on any atom is 0.255 e. The van der Waals surface area contributed by atoms with E-state index in [4.69, 9.17) is 4.74 Å². The van der Waals surface area contributed by atoms with Crippen molar-refractivity contribution >= 4 is 11.8 Å². The van der Waals surface area contributed by atoms with Gasteiger partial charge in [-0.3, -0.25) is 4.79 Å². The van der Waals surface area contributed by atoms with Crippen LogP contribution in [0.15, 0.2) is 29.1 Å². The van der Waals surface area contributed by atoms with E-state index < -0.39 is 0 Å². The van der Waals surface area contributed by atoms with Crippen LogP contribution in [0.25, 0.3) is 11.4 Å². The number of rotatable bonds is 4. The third-order valence-electron chi connectivity index (χ3n) is 3.19. The maximum absolute atomic E-state index is 12.0. The van der Waals surface area contributed by atoms with Crippen molar-refractivity contribution in [2.45, 2.75) is 24.9 Å². The van der Waals surface area contributed by atoms with Crippen LogP contribution < -0.4 is 10.3 Å². The molecule has 0 amide bonds. The van der Waals surface area contributed by atoms with E-state index in [2.05, 4.69) is 16.9 Å². The molecule has 1 aromatic heterocycles. The van der Waals surface area contributed by atoms with Crippen molar-refractivity contribution in [3.8, 4) is 17.1 Å². The highest BCUT2D eigenvalue weighted by Crippen LogP contribution is 2.27. The number of ether oxygens (including phenoxy) is 1. The molecule has 0 bridgehead atoms. The van der Waals surface area contributed by atoms with Crippen LogP contribution >= 0.6 is 11.8 Å². The van der Waals surface area contributed by atoms with E-state index in [0.29, 0.717) is 12.4 Å². The summed E-state index contributed by atoms with van der Waals surface area (Å²) in [6, 6.07) is 7.68. The van der Waals surface area contributed by atoms with Crippen molar-refractivity contribution in [1.29, 1.82) is 0 Å². The van der Waals surface area contributed by atoms with Crippen molar-refractivity contribution in [2.24, 2.45) is 0 Å². The van der Waals surface area contributed by atoms with Crippen LogP contribution in [-0.2, 0) is 11.5 Å². The first kappa shape index (κ1) is 13.2. The number of aromatic nitrogens is 2. The van der Waals surface area contributed by atoms with Gasteiger partial charge in [0.1, 0.15) is 11.6 Å². The molecule has 1 aliphatic rings. The predicted octanol–water partition coefficient (Wildman–Crippen LogP) is 2.97. The molecule has 1 aromatic carbocycles. The van der Waals surface area contributed by atoms with Gasteiger partial charge in [-0.05, 0) is 30.7 Å². The van der Waals surface area contributed by atoms with Crippen LogP contribution in [0.1, 0.15) is 24.6 Å². The topological polar surface area (TPSA) is 55.0 Å². The quantitative estimate of drug-likeness (QED) is 0.939. The van der Waals surface area contributed by atoms with Crippen molar-refractivity contribution in [3.63, 3.8) is 0 Å². The molecule has 5 heteroatoms. The molecule has 20 heavy (non-hydrogen) atoms. The van der Waals surface area contributed by atoms with Gasteiger partial charge in [0.05, 0.1) is 12.3 Å². The summed E-state index contributed by atoms with van der Waals surface area (Å²) < 4.78 is 5.55. The molecule has 4 nitrogen and oxygen atoms in total. The van der Waals surface area contributed by atoms with Gasteiger partial charge in [0.15, 0.2) is 0 Å². The number of benzene rings is 1. The van der Waals surface area contributed by atoms with Crippen LogP contribution in [0.2, 0.25) is 0 Å². The number of fused-ring (bicyclic) bond motifs is 1. The number of aromatic amines is 1. The number of H-pyrrole nitrogens is 1. The van der Waals surface area contributed by atoms with Crippen molar-refractivity contribution in [3.05, 3.63) is 45.9 Å². The molecule has 0 radical (unpaired) electrons. The Morgan fingerprint density at radius 2 is 2.10 bits per heavy atom. The number of nitrogens with zero attached hydrogens (tertiary/aromatic N) is 1. The molecule has 0 saturated carbocycles. The lowest BCUT2D eigenvalue weighted by Crippen LogP contribution is -2.15. The normalized spacial score (nSPS) is 13.2. The SMILES string of the molecule is CCCOc1ccc(-c2nc3c(c(=O)[nH]2)CSC3)cc1. The average Bonchev–Trinajstić information content (AvgIpc) is 2.94. The Hall–Kier alpha value is -1.75. The van der Waals surface area contributed by atoms with E-state index in [1.807, 2.05) is 24.3 Å². The molecule has 0 saturated heterocycles. The minimum Gasteiger partial charge on any atom is -0.494 e. The second-order valence-corrected chi connectivity index (χ2v) is 5.69. The Morgan fingerprint density at radius 3 is 2.85 bits per heavy atom. The van der Waals surface area contributed by atoms with Gasteiger partial charge in [-0.15, -0.1) is 0 Å². The minimum absolute atomic E-state index is 0.0127. The fraction of sp³-hybridized carbons (Fsp3) is 0.333. The highest BCUT2D eigenvalue weighted by Gasteiger charge is 2.17. The van der Waals surface area contributed by atoms with Gasteiger partial charge in [-0.1, -0.05) is 6.92 Å². The second-order valence-electron chi connectivity index (χ2n) is 4.71. The van der Waals surface area contributed by atoms with Crippen molar-refractivity contribution < 1.29 is 4.74 Å². The summed E-state index contributed by atoms with van der Waals surface area (Å²) in [6.07, 6.45) is 0.985. The van der Waals surface area contributed by atoms with Crippen molar-refractivity contribution in [1.82, 2.24) is 9.97 Å². The van der Waals surface area contributed by atoms with E-state index >= 15 is 0 Å². The zero-order chi connectivity index (χ0) is 13.9. The van der Waals surface area contributed by atoms with Gasteiger partial charge in [0, 0.05) is 22.6 Å². The van der Waals surface area contributed by atoms with Gasteiger partial charge in [0.2, 0.25) is 0 Å². The third kappa shape index (κ3) is 2.58. The molecular formula is C15H16N2O2S. The summed E-state index contributed by atoms with van der Waals surface area (Å²) in [5.74, 6) is 3.07. The van der Waals surface area contributed by atoms with Gasteiger partial charge < -0.3 is 9.72 Å². The minimum atomic E-state index is -0.0127. The van der Waals surface area contributed by atoms with Gasteiger partial charge in [0.25, 0.3) is 5.56 Å². The second kappa shape index (κ2) is 5.71. The summed E-state index contributed by atoms with van der Waals surface area (Å²) in [7, 11) is 0. The van der Waals surface area contributed by atoms with Gasteiger partial charge in [-0.2, -0.15) is 11.8 Å². The molecule has 0 spiro atoms. The maximum atomic E-state index is 12.0. The zero-order valence-electron chi connectivity index (χ0n) is 11.3. The molecule has 0 unspecified atom stereocenters. The molecule has 0 fully saturated rings. The average molecular weight is 288 g/mol. The fourth-order valence-electron chi connectivity index (χ4n) is 2.13. The van der Waals surface area contributed by atoms with E-state index in [1.165, 1.54) is 0 Å². The van der Waals surface area contributed by atoms with E-state index in [1.54, 1.807) is 11.8 Å². The van der Waals surface area contributed by atoms with Gasteiger partial charge >= 0.3 is 0 Å². The van der Waals surface area contributed by atoms with Crippen molar-refractivity contribution in [2.75, 3.05) is 6.61 Å². The largest absolute Gasteiger partial charge is 0.494 e. The van der Waals surface area contributed by atoms with Crippen LogP contribution in [0.3, 0.4) is 0 Å². The Labute approximate surface area is 121 Å². The van der Waals surface area contributed by atoms with E-state index in [0.717, 1.165) is 40.5 Å². The molecular weight excluding hydrogens is 272 g/mol. The van der Waals surface area contributed by atoms with Crippen LogP contribution in [0, 0.1) is 0 Å². The molecule has 0 aliphatic carbocycles. The fourth-order valence-corrected chi connectivity index (χ4v) is 3.16. The predicted molar refractivity (Wildman–Crippen MR) is 81.1 cm³/mol. The monoisotopic (exact) mass is 288 g/mol.